The zero-order valence-electron chi connectivity index (χ0n) is 17.1. The smallest absolute Gasteiger partial charge is 0.254 e. The molecule has 3 aromatic rings. The van der Waals surface area contributed by atoms with Gasteiger partial charge in [-0.15, -0.1) is 0 Å². The molecule has 1 saturated heterocycles. The first kappa shape index (κ1) is 19.5. The van der Waals surface area contributed by atoms with Crippen LogP contribution in [0.1, 0.15) is 34.5 Å². The topological polar surface area (TPSA) is 54.6 Å². The van der Waals surface area contributed by atoms with E-state index in [1.165, 1.54) is 5.56 Å². The van der Waals surface area contributed by atoms with E-state index in [-0.39, 0.29) is 12.0 Å². The number of aryl methyl sites for hydroxylation is 2. The second kappa shape index (κ2) is 8.70. The number of fused-ring (bicyclic) bond motifs is 1. The first-order chi connectivity index (χ1) is 14.1. The summed E-state index contributed by atoms with van der Waals surface area (Å²) in [4.78, 5) is 18.6. The van der Waals surface area contributed by atoms with Gasteiger partial charge >= 0.3 is 0 Å². The van der Waals surface area contributed by atoms with E-state index in [0.29, 0.717) is 25.3 Å². The minimum absolute atomic E-state index is 0.0253. The lowest BCUT2D eigenvalue weighted by molar-refractivity contribution is 0.0494. The Morgan fingerprint density at radius 1 is 1.21 bits per heavy atom. The van der Waals surface area contributed by atoms with Crippen molar-refractivity contribution in [1.29, 1.82) is 0 Å². The van der Waals surface area contributed by atoms with Gasteiger partial charge in [-0.2, -0.15) is 0 Å². The molecule has 0 spiro atoms. The molecule has 1 amide bonds. The number of hydrogen-bond acceptors (Lipinski definition) is 3. The van der Waals surface area contributed by atoms with Crippen molar-refractivity contribution in [2.45, 2.75) is 32.8 Å². The average molecular weight is 392 g/mol. The van der Waals surface area contributed by atoms with E-state index >= 15 is 0 Å². The molecule has 1 aliphatic heterocycles. The third-order valence-electron chi connectivity index (χ3n) is 5.66. The third-order valence-corrected chi connectivity index (χ3v) is 5.66. The molecule has 0 radical (unpaired) electrons. The molecule has 2 aromatic carbocycles. The lowest BCUT2D eigenvalue weighted by atomic mass is 10.1. The summed E-state index contributed by atoms with van der Waals surface area (Å²) in [7, 11) is 0. The Labute approximate surface area is 171 Å². The average Bonchev–Trinajstić information content (AvgIpc) is 3.35. The number of H-pyrrole nitrogens is 1. The molecule has 1 atom stereocenters. The van der Waals surface area contributed by atoms with E-state index in [0.717, 1.165) is 41.8 Å². The summed E-state index contributed by atoms with van der Waals surface area (Å²) in [5.74, 6) is 0.842. The van der Waals surface area contributed by atoms with Crippen molar-refractivity contribution in [2.75, 3.05) is 26.3 Å². The van der Waals surface area contributed by atoms with Crippen LogP contribution in [0.25, 0.3) is 10.9 Å². The second-order valence-corrected chi connectivity index (χ2v) is 7.68. The number of hydrogen-bond donors (Lipinski definition) is 1. The van der Waals surface area contributed by atoms with Gasteiger partial charge in [-0.1, -0.05) is 18.2 Å². The first-order valence-electron chi connectivity index (χ1n) is 10.3. The fourth-order valence-corrected chi connectivity index (χ4v) is 3.88. The molecule has 0 bridgehead atoms. The number of nitrogens with zero attached hydrogens (tertiary/aromatic N) is 1. The number of carbonyl (C=O) groups is 1. The highest BCUT2D eigenvalue weighted by Gasteiger charge is 2.24. The Hall–Kier alpha value is -2.79. The van der Waals surface area contributed by atoms with Gasteiger partial charge in [0.25, 0.3) is 5.91 Å². The van der Waals surface area contributed by atoms with Crippen molar-refractivity contribution < 1.29 is 14.3 Å². The number of carbonyl (C=O) groups excluding carboxylic acids is 1. The molecule has 1 aromatic heterocycles. The van der Waals surface area contributed by atoms with Gasteiger partial charge in [0.15, 0.2) is 0 Å². The van der Waals surface area contributed by atoms with Crippen molar-refractivity contribution in [2.24, 2.45) is 0 Å². The lowest BCUT2D eigenvalue weighted by Crippen LogP contribution is -2.40. The SMILES string of the molecule is Cc1[nH]c2ccc(C(=O)N(CCOc3ccccc3)CC3CCCO3)cc2c1C. The standard InChI is InChI=1S/C24H28N2O3/c1-17-18(2)25-23-11-10-19(15-22(17)23)24(27)26(16-21-9-6-13-28-21)12-14-29-20-7-4-3-5-8-20/h3-5,7-8,10-11,15,21,25H,6,9,12-14,16H2,1-2H3. The fraction of sp³-hybridized carbons (Fsp3) is 0.375. The summed E-state index contributed by atoms with van der Waals surface area (Å²) in [6.07, 6.45) is 2.16. The van der Waals surface area contributed by atoms with Gasteiger partial charge in [0.05, 0.1) is 12.6 Å². The van der Waals surface area contributed by atoms with Crippen LogP contribution >= 0.6 is 0 Å². The molecule has 1 aliphatic rings. The van der Waals surface area contributed by atoms with Gasteiger partial charge in [-0.05, 0) is 62.6 Å². The number of aromatic nitrogens is 1. The predicted octanol–water partition coefficient (Wildman–Crippen LogP) is 4.48. The van der Waals surface area contributed by atoms with Crippen molar-refractivity contribution >= 4 is 16.8 Å². The van der Waals surface area contributed by atoms with Crippen LogP contribution in [0.15, 0.2) is 48.5 Å². The Kier molecular flexibility index (Phi) is 5.86. The summed E-state index contributed by atoms with van der Waals surface area (Å²) in [6.45, 7) is 6.49. The highest BCUT2D eigenvalue weighted by Crippen LogP contribution is 2.23. The molecule has 4 rings (SSSR count). The molecular formula is C24H28N2O3. The third kappa shape index (κ3) is 4.46. The maximum absolute atomic E-state index is 13.3. The molecule has 0 saturated carbocycles. The summed E-state index contributed by atoms with van der Waals surface area (Å²) in [6, 6.07) is 15.6. The van der Waals surface area contributed by atoms with Gasteiger partial charge in [0.2, 0.25) is 0 Å². The summed E-state index contributed by atoms with van der Waals surface area (Å²) >= 11 is 0. The predicted molar refractivity (Wildman–Crippen MR) is 115 cm³/mol. The molecular weight excluding hydrogens is 364 g/mol. The van der Waals surface area contributed by atoms with Crippen LogP contribution in [-0.4, -0.2) is 48.2 Å². The van der Waals surface area contributed by atoms with E-state index in [4.69, 9.17) is 9.47 Å². The van der Waals surface area contributed by atoms with Gasteiger partial charge < -0.3 is 19.4 Å². The number of aromatic amines is 1. The minimum Gasteiger partial charge on any atom is -0.492 e. The molecule has 29 heavy (non-hydrogen) atoms. The van der Waals surface area contributed by atoms with Crippen LogP contribution in [0, 0.1) is 13.8 Å². The molecule has 1 N–H and O–H groups in total. The molecule has 2 heterocycles. The van der Waals surface area contributed by atoms with Crippen LogP contribution in [0.5, 0.6) is 5.75 Å². The zero-order valence-corrected chi connectivity index (χ0v) is 17.1. The number of nitrogens with one attached hydrogen (secondary N) is 1. The zero-order chi connectivity index (χ0) is 20.2. The van der Waals surface area contributed by atoms with Crippen LogP contribution in [0.2, 0.25) is 0 Å². The summed E-state index contributed by atoms with van der Waals surface area (Å²) < 4.78 is 11.6. The Morgan fingerprint density at radius 2 is 2.03 bits per heavy atom. The van der Waals surface area contributed by atoms with Crippen LogP contribution in [0.3, 0.4) is 0 Å². The summed E-state index contributed by atoms with van der Waals surface area (Å²) in [5.41, 5.74) is 4.09. The van der Waals surface area contributed by atoms with Gasteiger partial charge in [-0.25, -0.2) is 0 Å². The second-order valence-electron chi connectivity index (χ2n) is 7.68. The largest absolute Gasteiger partial charge is 0.492 e. The maximum atomic E-state index is 13.3. The normalized spacial score (nSPS) is 16.3. The Balaban J connectivity index is 1.50. The first-order valence-corrected chi connectivity index (χ1v) is 10.3. The maximum Gasteiger partial charge on any atom is 0.254 e. The summed E-state index contributed by atoms with van der Waals surface area (Å²) in [5, 5.41) is 1.10. The highest BCUT2D eigenvalue weighted by atomic mass is 16.5. The van der Waals surface area contributed by atoms with E-state index in [1.807, 2.05) is 53.4 Å². The fourth-order valence-electron chi connectivity index (χ4n) is 3.88. The van der Waals surface area contributed by atoms with Crippen molar-refractivity contribution in [3.8, 4) is 5.75 Å². The van der Waals surface area contributed by atoms with Crippen LogP contribution < -0.4 is 4.74 Å². The quantitative estimate of drug-likeness (QED) is 0.645. The van der Waals surface area contributed by atoms with Crippen LogP contribution in [0.4, 0.5) is 0 Å². The lowest BCUT2D eigenvalue weighted by Gasteiger charge is -2.25. The van der Waals surface area contributed by atoms with E-state index in [1.54, 1.807) is 0 Å². The molecule has 5 heteroatoms. The minimum atomic E-state index is 0.0253. The number of rotatable bonds is 7. The molecule has 1 fully saturated rings. The number of ether oxygens (including phenoxy) is 2. The molecule has 5 nitrogen and oxygen atoms in total. The van der Waals surface area contributed by atoms with Crippen molar-refractivity contribution in [3.05, 3.63) is 65.4 Å². The number of amides is 1. The van der Waals surface area contributed by atoms with E-state index < -0.39 is 0 Å². The van der Waals surface area contributed by atoms with Crippen molar-refractivity contribution in [3.63, 3.8) is 0 Å². The van der Waals surface area contributed by atoms with Crippen LogP contribution in [-0.2, 0) is 4.74 Å². The van der Waals surface area contributed by atoms with Gasteiger partial charge in [-0.3, -0.25) is 4.79 Å². The molecule has 1 unspecified atom stereocenters. The van der Waals surface area contributed by atoms with Crippen molar-refractivity contribution in [1.82, 2.24) is 9.88 Å². The Bertz CT molecular complexity index is 974. The van der Waals surface area contributed by atoms with Gasteiger partial charge in [0, 0.05) is 35.3 Å². The van der Waals surface area contributed by atoms with E-state index in [9.17, 15) is 4.79 Å². The molecule has 0 aliphatic carbocycles. The monoisotopic (exact) mass is 392 g/mol. The van der Waals surface area contributed by atoms with Gasteiger partial charge in [0.1, 0.15) is 12.4 Å². The molecule has 152 valence electrons. The highest BCUT2D eigenvalue weighted by molar-refractivity contribution is 5.99. The Morgan fingerprint density at radius 3 is 2.79 bits per heavy atom. The number of para-hydroxylation sites is 1. The number of benzene rings is 2. The van der Waals surface area contributed by atoms with E-state index in [2.05, 4.69) is 18.8 Å².